The van der Waals surface area contributed by atoms with Gasteiger partial charge in [0.1, 0.15) is 0 Å². The Labute approximate surface area is 218 Å². The van der Waals surface area contributed by atoms with E-state index >= 15 is 0 Å². The third kappa shape index (κ3) is 3.22. The van der Waals surface area contributed by atoms with E-state index in [0.29, 0.717) is 29.7 Å². The molecule has 3 aromatic rings. The molecule has 188 valence electrons. The average Bonchev–Trinajstić information content (AvgIpc) is 3.55. The standard InChI is InChI=1S/C29H24N6O3/c30-34-32-16-7-14-28(18-31-23-12-5-3-10-21(23)28)29(22-11-4-6-13-24(22)33-27(29)38)15-17-35-25(36)19-8-1-2-9-20(19)26(35)37/h1-6,8-13,18H,7,14-17H2,(H,33,38)/t28-,29-/m0/s1. The topological polar surface area (TPSA) is 128 Å². The van der Waals surface area contributed by atoms with Gasteiger partial charge in [0.2, 0.25) is 5.91 Å². The molecule has 2 atom stereocenters. The van der Waals surface area contributed by atoms with Crippen molar-refractivity contribution in [3.8, 4) is 0 Å². The quantitative estimate of drug-likeness (QED) is 0.147. The molecule has 0 fully saturated rings. The number of nitrogens with zero attached hydrogens (tertiary/aromatic N) is 5. The zero-order valence-electron chi connectivity index (χ0n) is 20.5. The summed E-state index contributed by atoms with van der Waals surface area (Å²) in [6.45, 7) is 0.328. The predicted molar refractivity (Wildman–Crippen MR) is 143 cm³/mol. The number of fused-ring (bicyclic) bond motifs is 3. The van der Waals surface area contributed by atoms with Crippen LogP contribution in [0, 0.1) is 0 Å². The third-order valence-electron chi connectivity index (χ3n) is 8.07. The number of azide groups is 1. The van der Waals surface area contributed by atoms with Crippen LogP contribution in [0.4, 0.5) is 11.4 Å². The lowest BCUT2D eigenvalue weighted by Crippen LogP contribution is -2.55. The summed E-state index contributed by atoms with van der Waals surface area (Å²) in [7, 11) is 0. The van der Waals surface area contributed by atoms with Crippen LogP contribution in [0.2, 0.25) is 0 Å². The number of anilines is 1. The van der Waals surface area contributed by atoms with Gasteiger partial charge in [-0.2, -0.15) is 0 Å². The number of aliphatic imine (C=N–C) groups is 1. The smallest absolute Gasteiger partial charge is 0.261 e. The Morgan fingerprint density at radius 2 is 1.53 bits per heavy atom. The van der Waals surface area contributed by atoms with Crippen molar-refractivity contribution in [2.24, 2.45) is 10.1 Å². The minimum absolute atomic E-state index is 0.0577. The summed E-state index contributed by atoms with van der Waals surface area (Å²) in [6.07, 6.45) is 3.05. The summed E-state index contributed by atoms with van der Waals surface area (Å²) >= 11 is 0. The summed E-state index contributed by atoms with van der Waals surface area (Å²) in [5, 5.41) is 6.79. The second-order valence-electron chi connectivity index (χ2n) is 9.77. The van der Waals surface area contributed by atoms with Crippen molar-refractivity contribution in [3.05, 3.63) is 105 Å². The van der Waals surface area contributed by atoms with E-state index in [9.17, 15) is 14.4 Å². The first-order valence-electron chi connectivity index (χ1n) is 12.6. The number of benzene rings is 3. The van der Waals surface area contributed by atoms with Crippen LogP contribution in [-0.2, 0) is 15.6 Å². The van der Waals surface area contributed by atoms with E-state index in [1.54, 1.807) is 24.3 Å². The van der Waals surface area contributed by atoms with E-state index in [2.05, 4.69) is 15.3 Å². The first kappa shape index (κ1) is 23.6. The van der Waals surface area contributed by atoms with Crippen LogP contribution in [-0.4, -0.2) is 41.9 Å². The first-order chi connectivity index (χ1) is 18.5. The van der Waals surface area contributed by atoms with Crippen LogP contribution in [0.3, 0.4) is 0 Å². The van der Waals surface area contributed by atoms with Crippen LogP contribution < -0.4 is 5.32 Å². The van der Waals surface area contributed by atoms with Crippen LogP contribution in [0.1, 0.15) is 51.1 Å². The SMILES string of the molecule is [N-]=[N+]=NCCC[C@]1([C@]2(CCN3C(=O)c4ccccc4C3=O)C(=O)Nc3ccccc32)C=Nc2ccccc21. The van der Waals surface area contributed by atoms with Gasteiger partial charge in [0, 0.05) is 29.9 Å². The Hall–Kier alpha value is -4.75. The molecular formula is C29H24N6O3. The summed E-state index contributed by atoms with van der Waals surface area (Å²) in [6, 6.07) is 22.0. The number of nitrogens with one attached hydrogen (secondary N) is 1. The fraction of sp³-hybridized carbons (Fsp3) is 0.241. The number of rotatable bonds is 8. The average molecular weight is 505 g/mol. The molecule has 3 amide bonds. The number of hydrogen-bond donors (Lipinski definition) is 1. The molecule has 0 bridgehead atoms. The van der Waals surface area contributed by atoms with Crippen LogP contribution >= 0.6 is 0 Å². The minimum Gasteiger partial charge on any atom is -0.325 e. The molecule has 0 spiro atoms. The monoisotopic (exact) mass is 504 g/mol. The van der Waals surface area contributed by atoms with Gasteiger partial charge in [0.05, 0.1) is 27.6 Å². The maximum atomic E-state index is 14.2. The number of amides is 3. The fourth-order valence-electron chi connectivity index (χ4n) is 6.39. The molecule has 9 nitrogen and oxygen atoms in total. The fourth-order valence-corrected chi connectivity index (χ4v) is 6.39. The molecule has 3 aliphatic heterocycles. The van der Waals surface area contributed by atoms with Crippen molar-refractivity contribution < 1.29 is 14.4 Å². The zero-order valence-corrected chi connectivity index (χ0v) is 20.5. The van der Waals surface area contributed by atoms with E-state index in [0.717, 1.165) is 16.8 Å². The molecule has 9 heteroatoms. The van der Waals surface area contributed by atoms with E-state index < -0.39 is 10.8 Å². The Bertz CT molecular complexity index is 1540. The lowest BCUT2D eigenvalue weighted by molar-refractivity contribution is -0.123. The highest BCUT2D eigenvalue weighted by Gasteiger charge is 2.62. The van der Waals surface area contributed by atoms with Gasteiger partial charge in [-0.05, 0) is 60.2 Å². The molecule has 38 heavy (non-hydrogen) atoms. The lowest BCUT2D eigenvalue weighted by Gasteiger charge is -2.45. The van der Waals surface area contributed by atoms with Gasteiger partial charge in [-0.25, -0.2) is 0 Å². The maximum absolute atomic E-state index is 14.2. The van der Waals surface area contributed by atoms with E-state index in [-0.39, 0.29) is 37.2 Å². The molecule has 3 aromatic carbocycles. The van der Waals surface area contributed by atoms with E-state index in [1.165, 1.54) is 4.90 Å². The van der Waals surface area contributed by atoms with E-state index in [1.807, 2.05) is 54.7 Å². The Kier molecular flexibility index (Phi) is 5.58. The Morgan fingerprint density at radius 3 is 2.26 bits per heavy atom. The third-order valence-corrected chi connectivity index (χ3v) is 8.07. The highest BCUT2D eigenvalue weighted by Crippen LogP contribution is 2.58. The van der Waals surface area contributed by atoms with Crippen LogP contribution in [0.25, 0.3) is 10.4 Å². The molecule has 0 radical (unpaired) electrons. The normalized spacial score (nSPS) is 22.6. The highest BCUT2D eigenvalue weighted by atomic mass is 16.2. The number of carbonyl (C=O) groups is 3. The second kappa shape index (κ2) is 8.97. The Balaban J connectivity index is 1.48. The molecule has 3 heterocycles. The second-order valence-corrected chi connectivity index (χ2v) is 9.77. The number of hydrogen-bond acceptors (Lipinski definition) is 5. The van der Waals surface area contributed by atoms with Crippen molar-refractivity contribution in [2.75, 3.05) is 18.4 Å². The summed E-state index contributed by atoms with van der Waals surface area (Å²) in [5.41, 5.74) is 10.7. The van der Waals surface area contributed by atoms with Gasteiger partial charge < -0.3 is 5.32 Å². The number of imide groups is 1. The first-order valence-corrected chi connectivity index (χ1v) is 12.6. The van der Waals surface area contributed by atoms with Gasteiger partial charge in [-0.15, -0.1) is 0 Å². The molecule has 0 aromatic heterocycles. The maximum Gasteiger partial charge on any atom is 0.261 e. The molecule has 0 aliphatic carbocycles. The molecule has 6 rings (SSSR count). The zero-order chi connectivity index (χ0) is 26.3. The van der Waals surface area contributed by atoms with Gasteiger partial charge in [-0.1, -0.05) is 53.6 Å². The molecule has 0 unspecified atom stereocenters. The van der Waals surface area contributed by atoms with Crippen molar-refractivity contribution in [1.82, 2.24) is 4.90 Å². The lowest BCUT2D eigenvalue weighted by atomic mass is 9.55. The minimum atomic E-state index is -1.16. The van der Waals surface area contributed by atoms with Crippen molar-refractivity contribution in [1.29, 1.82) is 0 Å². The molecule has 3 aliphatic rings. The van der Waals surface area contributed by atoms with Crippen LogP contribution in [0.15, 0.2) is 82.9 Å². The van der Waals surface area contributed by atoms with Gasteiger partial charge in [-0.3, -0.25) is 24.3 Å². The van der Waals surface area contributed by atoms with E-state index in [4.69, 9.17) is 10.5 Å². The van der Waals surface area contributed by atoms with Crippen molar-refractivity contribution in [2.45, 2.75) is 30.1 Å². The van der Waals surface area contributed by atoms with Crippen molar-refractivity contribution >= 4 is 35.3 Å². The summed E-state index contributed by atoms with van der Waals surface area (Å²) in [4.78, 5) is 49.5. The number of carbonyl (C=O) groups excluding carboxylic acids is 3. The van der Waals surface area contributed by atoms with Gasteiger partial charge in [0.25, 0.3) is 11.8 Å². The summed E-state index contributed by atoms with van der Waals surface area (Å²) < 4.78 is 0. The highest BCUT2D eigenvalue weighted by molar-refractivity contribution is 6.21. The molecule has 0 saturated carbocycles. The van der Waals surface area contributed by atoms with Crippen molar-refractivity contribution in [3.63, 3.8) is 0 Å². The predicted octanol–water partition coefficient (Wildman–Crippen LogP) is 5.31. The molecular weight excluding hydrogens is 480 g/mol. The van der Waals surface area contributed by atoms with Gasteiger partial charge in [0.15, 0.2) is 0 Å². The largest absolute Gasteiger partial charge is 0.325 e. The van der Waals surface area contributed by atoms with Gasteiger partial charge >= 0.3 is 0 Å². The number of para-hydroxylation sites is 2. The molecule has 0 saturated heterocycles. The molecule has 1 N–H and O–H groups in total. The van der Waals surface area contributed by atoms with Crippen LogP contribution in [0.5, 0.6) is 0 Å². The summed E-state index contributed by atoms with van der Waals surface area (Å²) in [5.74, 6) is -0.919. The Morgan fingerprint density at radius 1 is 0.868 bits per heavy atom.